The van der Waals surface area contributed by atoms with E-state index in [0.29, 0.717) is 16.0 Å². The van der Waals surface area contributed by atoms with Gasteiger partial charge in [0.2, 0.25) is 0 Å². The molecular weight excluding hydrogens is 290 g/mol. The van der Waals surface area contributed by atoms with Crippen molar-refractivity contribution in [3.63, 3.8) is 0 Å². The van der Waals surface area contributed by atoms with Gasteiger partial charge < -0.3 is 5.73 Å². The Bertz CT molecular complexity index is 733. The third-order valence-corrected chi connectivity index (χ3v) is 6.03. The molecule has 2 N–H and O–H groups in total. The van der Waals surface area contributed by atoms with E-state index >= 15 is 0 Å². The molecule has 0 saturated heterocycles. The molecule has 22 heavy (non-hydrogen) atoms. The highest BCUT2D eigenvalue weighted by atomic mass is 32.1. The Labute approximate surface area is 136 Å². The molecular formula is C18H23N3S. The molecule has 0 radical (unpaired) electrons. The van der Waals surface area contributed by atoms with Crippen LogP contribution >= 0.6 is 11.3 Å². The van der Waals surface area contributed by atoms with E-state index < -0.39 is 0 Å². The Balaban J connectivity index is 2.05. The molecule has 0 atom stereocenters. The minimum atomic E-state index is 0.439. The number of rotatable bonds is 4. The molecule has 0 spiro atoms. The molecule has 3 nitrogen and oxygen atoms in total. The number of fused-ring (bicyclic) bond motifs is 2. The molecule has 2 aromatic rings. The number of hydrogen-bond donors (Lipinski definition) is 1. The van der Waals surface area contributed by atoms with E-state index in [2.05, 4.69) is 26.0 Å². The molecule has 2 aromatic heterocycles. The first kappa shape index (κ1) is 15.3. The predicted octanol–water partition coefficient (Wildman–Crippen LogP) is 4.83. The maximum atomic E-state index is 9.16. The average Bonchev–Trinajstić information content (AvgIpc) is 2.82. The first-order valence-electron chi connectivity index (χ1n) is 8.23. The Morgan fingerprint density at radius 2 is 2.09 bits per heavy atom. The fourth-order valence-corrected chi connectivity index (χ4v) is 4.95. The number of hydrogen-bond acceptors (Lipinski definition) is 4. The number of pyridine rings is 1. The summed E-state index contributed by atoms with van der Waals surface area (Å²) < 4.78 is 0. The fourth-order valence-electron chi connectivity index (χ4n) is 4.06. The first-order chi connectivity index (χ1) is 10.6. The summed E-state index contributed by atoms with van der Waals surface area (Å²) in [4.78, 5) is 6.34. The van der Waals surface area contributed by atoms with Crippen molar-refractivity contribution < 1.29 is 0 Å². The lowest BCUT2D eigenvalue weighted by atomic mass is 9.67. The zero-order chi connectivity index (χ0) is 15.7. The van der Waals surface area contributed by atoms with E-state index in [9.17, 15) is 0 Å². The molecule has 0 saturated carbocycles. The van der Waals surface area contributed by atoms with Gasteiger partial charge in [0.05, 0.1) is 5.69 Å². The second-order valence-electron chi connectivity index (χ2n) is 6.58. The molecule has 116 valence electrons. The summed E-state index contributed by atoms with van der Waals surface area (Å²) in [6.45, 7) is 4.56. The molecule has 0 unspecified atom stereocenters. The SMILES string of the molecule is CCCC1(CCC)CCc2nc3sc(C#N)c(N)c3cc2C1. The molecule has 0 aromatic carbocycles. The topological polar surface area (TPSA) is 62.7 Å². The lowest BCUT2D eigenvalue weighted by Gasteiger charge is -2.38. The van der Waals surface area contributed by atoms with Crippen molar-refractivity contribution in [2.24, 2.45) is 5.41 Å². The second-order valence-corrected chi connectivity index (χ2v) is 7.58. The van der Waals surface area contributed by atoms with Crippen LogP contribution in [-0.2, 0) is 12.8 Å². The van der Waals surface area contributed by atoms with Gasteiger partial charge in [0.15, 0.2) is 0 Å². The zero-order valence-corrected chi connectivity index (χ0v) is 14.2. The predicted molar refractivity (Wildman–Crippen MR) is 93.0 cm³/mol. The normalized spacial score (nSPS) is 16.4. The Hall–Kier alpha value is -1.60. The number of aryl methyl sites for hydroxylation is 1. The molecule has 1 aliphatic carbocycles. The maximum absolute atomic E-state index is 9.16. The van der Waals surface area contributed by atoms with Crippen molar-refractivity contribution in [2.75, 3.05) is 5.73 Å². The summed E-state index contributed by atoms with van der Waals surface area (Å²) in [7, 11) is 0. The number of anilines is 1. The highest BCUT2D eigenvalue weighted by molar-refractivity contribution is 7.19. The van der Waals surface area contributed by atoms with Crippen LogP contribution in [-0.4, -0.2) is 4.98 Å². The van der Waals surface area contributed by atoms with E-state index in [1.165, 1.54) is 54.7 Å². The molecule has 0 aliphatic heterocycles. The number of thiophene rings is 1. The van der Waals surface area contributed by atoms with Crippen molar-refractivity contribution in [1.29, 1.82) is 5.26 Å². The van der Waals surface area contributed by atoms with Gasteiger partial charge in [0.1, 0.15) is 15.8 Å². The second kappa shape index (κ2) is 5.89. The van der Waals surface area contributed by atoms with E-state index in [1.807, 2.05) is 0 Å². The monoisotopic (exact) mass is 313 g/mol. The van der Waals surface area contributed by atoms with Crippen molar-refractivity contribution >= 4 is 27.2 Å². The highest BCUT2D eigenvalue weighted by Crippen LogP contribution is 2.44. The highest BCUT2D eigenvalue weighted by Gasteiger charge is 2.33. The molecule has 2 heterocycles. The van der Waals surface area contributed by atoms with Gasteiger partial charge in [0.25, 0.3) is 0 Å². The lowest BCUT2D eigenvalue weighted by molar-refractivity contribution is 0.199. The van der Waals surface area contributed by atoms with Gasteiger partial charge >= 0.3 is 0 Å². The number of nitrogens with zero attached hydrogens (tertiary/aromatic N) is 2. The van der Waals surface area contributed by atoms with Crippen LogP contribution in [0.25, 0.3) is 10.2 Å². The van der Waals surface area contributed by atoms with Crippen LogP contribution in [0.4, 0.5) is 5.69 Å². The van der Waals surface area contributed by atoms with Crippen LogP contribution < -0.4 is 5.73 Å². The third kappa shape index (κ3) is 2.48. The molecule has 3 rings (SSSR count). The molecule has 0 bridgehead atoms. The summed E-state index contributed by atoms with van der Waals surface area (Å²) in [6.07, 6.45) is 8.48. The number of nitrogen functional groups attached to an aromatic ring is 1. The summed E-state index contributed by atoms with van der Waals surface area (Å²) >= 11 is 1.42. The summed E-state index contributed by atoms with van der Waals surface area (Å²) in [5.41, 5.74) is 9.75. The van der Waals surface area contributed by atoms with Crippen LogP contribution in [0.1, 0.15) is 62.1 Å². The number of nitriles is 1. The molecule has 4 heteroatoms. The summed E-state index contributed by atoms with van der Waals surface area (Å²) in [6, 6.07) is 4.40. The summed E-state index contributed by atoms with van der Waals surface area (Å²) in [5.74, 6) is 0. The van der Waals surface area contributed by atoms with Gasteiger partial charge in [-0.3, -0.25) is 0 Å². The van der Waals surface area contributed by atoms with Crippen LogP contribution in [0, 0.1) is 16.7 Å². The fraction of sp³-hybridized carbons (Fsp3) is 0.556. The standard InChI is InChI=1S/C18H23N3S/c1-3-6-18(7-4-2)8-5-14-12(10-18)9-13-16(20)15(11-19)22-17(13)21-14/h9H,3-8,10,20H2,1-2H3. The quantitative estimate of drug-likeness (QED) is 0.879. The van der Waals surface area contributed by atoms with Crippen molar-refractivity contribution in [3.8, 4) is 6.07 Å². The maximum Gasteiger partial charge on any atom is 0.130 e. The van der Waals surface area contributed by atoms with Crippen LogP contribution in [0.3, 0.4) is 0 Å². The molecule has 1 aliphatic rings. The average molecular weight is 313 g/mol. The minimum absolute atomic E-state index is 0.439. The number of aromatic nitrogens is 1. The van der Waals surface area contributed by atoms with E-state index in [1.54, 1.807) is 0 Å². The summed E-state index contributed by atoms with van der Waals surface area (Å²) in [5, 5.41) is 10.1. The largest absolute Gasteiger partial charge is 0.396 e. The zero-order valence-electron chi connectivity index (χ0n) is 13.4. The molecule has 0 amide bonds. The van der Waals surface area contributed by atoms with Gasteiger partial charge in [-0.05, 0) is 49.1 Å². The van der Waals surface area contributed by atoms with Crippen molar-refractivity contribution in [2.45, 2.75) is 58.8 Å². The Morgan fingerprint density at radius 3 is 2.73 bits per heavy atom. The van der Waals surface area contributed by atoms with Gasteiger partial charge in [-0.25, -0.2) is 4.98 Å². The van der Waals surface area contributed by atoms with E-state index in [-0.39, 0.29) is 0 Å². The lowest BCUT2D eigenvalue weighted by Crippen LogP contribution is -2.29. The van der Waals surface area contributed by atoms with Gasteiger partial charge in [-0.15, -0.1) is 11.3 Å². The van der Waals surface area contributed by atoms with Crippen LogP contribution in [0.5, 0.6) is 0 Å². The Morgan fingerprint density at radius 1 is 1.36 bits per heavy atom. The Kier molecular flexibility index (Phi) is 4.10. The third-order valence-electron chi connectivity index (χ3n) is 5.01. The first-order valence-corrected chi connectivity index (χ1v) is 9.05. The van der Waals surface area contributed by atoms with E-state index in [0.717, 1.165) is 23.1 Å². The minimum Gasteiger partial charge on any atom is -0.396 e. The van der Waals surface area contributed by atoms with Crippen LogP contribution in [0.15, 0.2) is 6.07 Å². The van der Waals surface area contributed by atoms with Gasteiger partial charge in [0, 0.05) is 11.1 Å². The van der Waals surface area contributed by atoms with Crippen molar-refractivity contribution in [1.82, 2.24) is 4.98 Å². The van der Waals surface area contributed by atoms with Crippen LogP contribution in [0.2, 0.25) is 0 Å². The molecule has 0 fully saturated rings. The smallest absolute Gasteiger partial charge is 0.130 e. The van der Waals surface area contributed by atoms with E-state index in [4.69, 9.17) is 16.0 Å². The van der Waals surface area contributed by atoms with Gasteiger partial charge in [-0.2, -0.15) is 5.26 Å². The van der Waals surface area contributed by atoms with Crippen molar-refractivity contribution in [3.05, 3.63) is 22.2 Å². The number of nitrogens with two attached hydrogens (primary N) is 1. The van der Waals surface area contributed by atoms with Gasteiger partial charge in [-0.1, -0.05) is 26.7 Å².